The van der Waals surface area contributed by atoms with Crippen LogP contribution in [0.4, 0.5) is 15.9 Å². The second kappa shape index (κ2) is 8.40. The van der Waals surface area contributed by atoms with Gasteiger partial charge in [0.1, 0.15) is 17.3 Å². The van der Waals surface area contributed by atoms with Crippen molar-refractivity contribution < 1.29 is 9.18 Å². The number of anilines is 2. The van der Waals surface area contributed by atoms with Gasteiger partial charge in [-0.1, -0.05) is 41.9 Å². The van der Waals surface area contributed by atoms with Crippen LogP contribution in [0.3, 0.4) is 0 Å². The summed E-state index contributed by atoms with van der Waals surface area (Å²) in [7, 11) is 0. The Bertz CT molecular complexity index is 902. The van der Waals surface area contributed by atoms with Crippen molar-refractivity contribution in [3.63, 3.8) is 0 Å². The van der Waals surface area contributed by atoms with E-state index in [-0.39, 0.29) is 11.5 Å². The third kappa shape index (κ3) is 4.55. The lowest BCUT2D eigenvalue weighted by molar-refractivity contribution is 0.102. The maximum Gasteiger partial charge on any atom is 0.275 e. The quantitative estimate of drug-likeness (QED) is 0.683. The van der Waals surface area contributed by atoms with Gasteiger partial charge in [-0.3, -0.25) is 4.79 Å². The molecule has 0 aliphatic heterocycles. The molecule has 1 amide bonds. The van der Waals surface area contributed by atoms with Crippen molar-refractivity contribution in [2.45, 2.75) is 6.42 Å². The first-order valence-electron chi connectivity index (χ1n) is 7.98. The monoisotopic (exact) mass is 370 g/mol. The van der Waals surface area contributed by atoms with E-state index in [1.54, 1.807) is 42.5 Å². The molecule has 0 saturated carbocycles. The molecule has 0 radical (unpaired) electrons. The summed E-state index contributed by atoms with van der Waals surface area (Å²) >= 11 is 6.01. The summed E-state index contributed by atoms with van der Waals surface area (Å²) in [5, 5.41) is 6.18. The number of rotatable bonds is 6. The average Bonchev–Trinajstić information content (AvgIpc) is 2.66. The van der Waals surface area contributed by atoms with E-state index in [1.165, 1.54) is 18.5 Å². The molecular weight excluding hydrogens is 355 g/mol. The minimum absolute atomic E-state index is 0.171. The number of hydrogen-bond acceptors (Lipinski definition) is 4. The molecule has 0 fully saturated rings. The number of benzene rings is 2. The standard InChI is InChI=1S/C19H16ClFN4O/c20-14-6-2-4-8-16(14)25-19(26)17-11-24-18(12-23-17)22-10-9-13-5-1-3-7-15(13)21/h1-8,11-12H,9-10H2,(H,22,24)(H,25,26). The maximum atomic E-state index is 13.6. The average molecular weight is 371 g/mol. The highest BCUT2D eigenvalue weighted by Gasteiger charge is 2.10. The van der Waals surface area contributed by atoms with Crippen molar-refractivity contribution in [2.24, 2.45) is 0 Å². The van der Waals surface area contributed by atoms with Crippen LogP contribution >= 0.6 is 11.6 Å². The lowest BCUT2D eigenvalue weighted by Crippen LogP contribution is -2.15. The smallest absolute Gasteiger partial charge is 0.275 e. The predicted octanol–water partition coefficient (Wildman–Crippen LogP) is 4.18. The Morgan fingerprint density at radius 3 is 2.54 bits per heavy atom. The van der Waals surface area contributed by atoms with Gasteiger partial charge in [-0.15, -0.1) is 0 Å². The zero-order valence-electron chi connectivity index (χ0n) is 13.7. The number of carbonyl (C=O) groups excluding carboxylic acids is 1. The number of carbonyl (C=O) groups is 1. The Balaban J connectivity index is 1.55. The Morgan fingerprint density at radius 1 is 1.04 bits per heavy atom. The molecule has 2 aromatic carbocycles. The normalized spacial score (nSPS) is 10.4. The van der Waals surface area contributed by atoms with Crippen LogP contribution in [0.15, 0.2) is 60.9 Å². The zero-order chi connectivity index (χ0) is 18.4. The van der Waals surface area contributed by atoms with E-state index in [2.05, 4.69) is 20.6 Å². The first-order chi connectivity index (χ1) is 12.6. The van der Waals surface area contributed by atoms with Crippen molar-refractivity contribution in [2.75, 3.05) is 17.2 Å². The van der Waals surface area contributed by atoms with E-state index in [0.717, 1.165) is 0 Å². The number of para-hydroxylation sites is 1. The van der Waals surface area contributed by atoms with Gasteiger partial charge in [-0.05, 0) is 30.2 Å². The molecule has 132 valence electrons. The molecule has 26 heavy (non-hydrogen) atoms. The summed E-state index contributed by atoms with van der Waals surface area (Å²) < 4.78 is 13.6. The van der Waals surface area contributed by atoms with E-state index in [0.29, 0.717) is 35.1 Å². The van der Waals surface area contributed by atoms with Crippen LogP contribution in [0.1, 0.15) is 16.1 Å². The Morgan fingerprint density at radius 2 is 1.81 bits per heavy atom. The lowest BCUT2D eigenvalue weighted by Gasteiger charge is -2.08. The van der Waals surface area contributed by atoms with Crippen molar-refractivity contribution in [3.05, 3.63) is 83.0 Å². The van der Waals surface area contributed by atoms with Crippen molar-refractivity contribution >= 4 is 29.0 Å². The largest absolute Gasteiger partial charge is 0.368 e. The highest BCUT2D eigenvalue weighted by Crippen LogP contribution is 2.20. The van der Waals surface area contributed by atoms with Crippen LogP contribution in [0.5, 0.6) is 0 Å². The van der Waals surface area contributed by atoms with E-state index < -0.39 is 5.91 Å². The van der Waals surface area contributed by atoms with Gasteiger partial charge in [0.15, 0.2) is 0 Å². The van der Waals surface area contributed by atoms with E-state index in [4.69, 9.17) is 11.6 Å². The molecule has 0 aliphatic carbocycles. The number of halogens is 2. The molecule has 7 heteroatoms. The fraction of sp³-hybridized carbons (Fsp3) is 0.105. The number of aromatic nitrogens is 2. The third-order valence-electron chi connectivity index (χ3n) is 3.66. The summed E-state index contributed by atoms with van der Waals surface area (Å²) in [6.45, 7) is 0.501. The van der Waals surface area contributed by atoms with Crippen LogP contribution in [-0.2, 0) is 6.42 Å². The van der Waals surface area contributed by atoms with Crippen LogP contribution < -0.4 is 10.6 Å². The number of hydrogen-bond donors (Lipinski definition) is 2. The SMILES string of the molecule is O=C(Nc1ccccc1Cl)c1cnc(NCCc2ccccc2F)cn1. The van der Waals surface area contributed by atoms with Gasteiger partial charge < -0.3 is 10.6 Å². The summed E-state index contributed by atoms with van der Waals surface area (Å²) in [5.41, 5.74) is 1.31. The summed E-state index contributed by atoms with van der Waals surface area (Å²) in [4.78, 5) is 20.4. The lowest BCUT2D eigenvalue weighted by atomic mass is 10.1. The molecule has 0 spiro atoms. The zero-order valence-corrected chi connectivity index (χ0v) is 14.5. The summed E-state index contributed by atoms with van der Waals surface area (Å²) in [6.07, 6.45) is 3.35. The minimum atomic E-state index is -0.400. The fourth-order valence-corrected chi connectivity index (χ4v) is 2.49. The fourth-order valence-electron chi connectivity index (χ4n) is 2.31. The van der Waals surface area contributed by atoms with E-state index in [1.807, 2.05) is 0 Å². The minimum Gasteiger partial charge on any atom is -0.368 e. The summed E-state index contributed by atoms with van der Waals surface area (Å²) in [5.74, 6) is -0.119. The van der Waals surface area contributed by atoms with Crippen molar-refractivity contribution in [3.8, 4) is 0 Å². The topological polar surface area (TPSA) is 66.9 Å². The molecule has 0 unspecified atom stereocenters. The van der Waals surface area contributed by atoms with Gasteiger partial charge in [0, 0.05) is 6.54 Å². The van der Waals surface area contributed by atoms with E-state index in [9.17, 15) is 9.18 Å². The molecule has 1 heterocycles. The molecule has 2 N–H and O–H groups in total. The first-order valence-corrected chi connectivity index (χ1v) is 8.36. The van der Waals surface area contributed by atoms with Crippen molar-refractivity contribution in [1.82, 2.24) is 9.97 Å². The maximum absolute atomic E-state index is 13.6. The second-order valence-electron chi connectivity index (χ2n) is 5.49. The first kappa shape index (κ1) is 17.8. The molecule has 1 aromatic heterocycles. The van der Waals surface area contributed by atoms with Crippen LogP contribution in [0.2, 0.25) is 5.02 Å². The third-order valence-corrected chi connectivity index (χ3v) is 3.99. The molecule has 3 rings (SSSR count). The van der Waals surface area contributed by atoms with Gasteiger partial charge in [0.25, 0.3) is 5.91 Å². The Hall–Kier alpha value is -2.99. The number of nitrogens with zero attached hydrogens (tertiary/aromatic N) is 2. The van der Waals surface area contributed by atoms with Gasteiger partial charge in [-0.2, -0.15) is 0 Å². The van der Waals surface area contributed by atoms with Crippen LogP contribution in [-0.4, -0.2) is 22.4 Å². The molecule has 0 saturated heterocycles. The highest BCUT2D eigenvalue weighted by molar-refractivity contribution is 6.33. The van der Waals surface area contributed by atoms with Gasteiger partial charge in [0.2, 0.25) is 0 Å². The van der Waals surface area contributed by atoms with E-state index >= 15 is 0 Å². The second-order valence-corrected chi connectivity index (χ2v) is 5.90. The van der Waals surface area contributed by atoms with Crippen LogP contribution in [0, 0.1) is 5.82 Å². The van der Waals surface area contributed by atoms with Gasteiger partial charge >= 0.3 is 0 Å². The molecule has 3 aromatic rings. The van der Waals surface area contributed by atoms with Gasteiger partial charge in [0.05, 0.1) is 23.1 Å². The van der Waals surface area contributed by atoms with Crippen LogP contribution in [0.25, 0.3) is 0 Å². The Kier molecular flexibility index (Phi) is 5.76. The molecule has 0 atom stereocenters. The molecule has 5 nitrogen and oxygen atoms in total. The Labute approximate surface area is 155 Å². The highest BCUT2D eigenvalue weighted by atomic mass is 35.5. The predicted molar refractivity (Wildman–Crippen MR) is 100 cm³/mol. The molecule has 0 aliphatic rings. The molecule has 0 bridgehead atoms. The summed E-state index contributed by atoms with van der Waals surface area (Å²) in [6, 6.07) is 13.6. The molecular formula is C19H16ClFN4O. The number of amides is 1. The van der Waals surface area contributed by atoms with Gasteiger partial charge in [-0.25, -0.2) is 14.4 Å². The van der Waals surface area contributed by atoms with Crippen molar-refractivity contribution in [1.29, 1.82) is 0 Å². The number of nitrogens with one attached hydrogen (secondary N) is 2.